The summed E-state index contributed by atoms with van der Waals surface area (Å²) in [5.74, 6) is -1.49. The maximum Gasteiger partial charge on any atom is 0.306 e. The summed E-state index contributed by atoms with van der Waals surface area (Å²) in [7, 11) is 1.62. The minimum Gasteiger partial charge on any atom is -0.481 e. The molecular weight excluding hydrogens is 308 g/mol. The monoisotopic (exact) mass is 332 g/mol. The van der Waals surface area contributed by atoms with Crippen LogP contribution in [0.5, 0.6) is 0 Å². The van der Waals surface area contributed by atoms with Crippen molar-refractivity contribution in [3.63, 3.8) is 0 Å². The number of carboxylic acid groups (broad SMARTS) is 1. The van der Waals surface area contributed by atoms with Crippen LogP contribution in [0.3, 0.4) is 0 Å². The van der Waals surface area contributed by atoms with Crippen molar-refractivity contribution in [3.05, 3.63) is 34.9 Å². The van der Waals surface area contributed by atoms with Crippen LogP contribution in [0.1, 0.15) is 34.3 Å². The topological polar surface area (TPSA) is 77.9 Å². The number of piperidine rings is 1. The van der Waals surface area contributed by atoms with Gasteiger partial charge in [0.2, 0.25) is 5.91 Å². The first-order valence-electron chi connectivity index (χ1n) is 8.13. The molecule has 1 N–H and O–H groups in total. The van der Waals surface area contributed by atoms with Crippen molar-refractivity contribution < 1.29 is 19.5 Å². The highest BCUT2D eigenvalue weighted by atomic mass is 16.4. The van der Waals surface area contributed by atoms with Gasteiger partial charge in [0, 0.05) is 25.7 Å². The van der Waals surface area contributed by atoms with Crippen molar-refractivity contribution in [1.29, 1.82) is 0 Å². The number of hydrogen-bond donors (Lipinski definition) is 1. The zero-order valence-electron chi connectivity index (χ0n) is 14.4. The van der Waals surface area contributed by atoms with Crippen LogP contribution in [-0.2, 0) is 9.59 Å². The van der Waals surface area contributed by atoms with E-state index in [1.54, 1.807) is 18.0 Å². The summed E-state index contributed by atoms with van der Waals surface area (Å²) in [5.41, 5.74) is 2.57. The Labute approximate surface area is 142 Å². The highest BCUT2D eigenvalue weighted by Crippen LogP contribution is 2.18. The second-order valence-electron chi connectivity index (χ2n) is 6.40. The predicted octanol–water partition coefficient (Wildman–Crippen LogP) is 1.70. The lowest BCUT2D eigenvalue weighted by molar-refractivity contribution is -0.145. The summed E-state index contributed by atoms with van der Waals surface area (Å²) in [5, 5.41) is 9.00. The summed E-state index contributed by atoms with van der Waals surface area (Å²) in [6.07, 6.45) is 0.936. The van der Waals surface area contributed by atoms with E-state index in [0.717, 1.165) is 11.1 Å². The third-order valence-corrected chi connectivity index (χ3v) is 4.75. The molecule has 1 aliphatic heterocycles. The molecule has 0 atom stereocenters. The maximum absolute atomic E-state index is 12.6. The van der Waals surface area contributed by atoms with Crippen LogP contribution in [0, 0.1) is 19.8 Å². The van der Waals surface area contributed by atoms with E-state index in [2.05, 4.69) is 0 Å². The molecule has 1 heterocycles. The lowest BCUT2D eigenvalue weighted by Crippen LogP contribution is -2.45. The Kier molecular flexibility index (Phi) is 5.59. The second-order valence-corrected chi connectivity index (χ2v) is 6.40. The van der Waals surface area contributed by atoms with Crippen molar-refractivity contribution in [2.45, 2.75) is 26.7 Å². The van der Waals surface area contributed by atoms with Gasteiger partial charge in [-0.3, -0.25) is 14.4 Å². The van der Waals surface area contributed by atoms with Gasteiger partial charge < -0.3 is 14.9 Å². The number of benzene rings is 1. The molecule has 6 heteroatoms. The van der Waals surface area contributed by atoms with Crippen LogP contribution in [-0.4, -0.2) is 59.4 Å². The molecule has 0 bridgehead atoms. The van der Waals surface area contributed by atoms with Gasteiger partial charge in [-0.1, -0.05) is 12.1 Å². The quantitative estimate of drug-likeness (QED) is 0.910. The van der Waals surface area contributed by atoms with Gasteiger partial charge in [-0.2, -0.15) is 0 Å². The fourth-order valence-corrected chi connectivity index (χ4v) is 2.94. The number of carbonyl (C=O) groups is 3. The molecule has 0 unspecified atom stereocenters. The van der Waals surface area contributed by atoms with Gasteiger partial charge in [-0.25, -0.2) is 0 Å². The highest BCUT2D eigenvalue weighted by Gasteiger charge is 2.28. The number of likely N-dealkylation sites (tertiary alicyclic amines) is 1. The molecule has 1 saturated heterocycles. The van der Waals surface area contributed by atoms with Gasteiger partial charge in [-0.05, 0) is 43.9 Å². The van der Waals surface area contributed by atoms with E-state index in [9.17, 15) is 14.4 Å². The Morgan fingerprint density at radius 1 is 1.21 bits per heavy atom. The minimum absolute atomic E-state index is 0.00392. The molecule has 0 radical (unpaired) electrons. The third kappa shape index (κ3) is 3.93. The van der Waals surface area contributed by atoms with Crippen LogP contribution in [0.15, 0.2) is 18.2 Å². The number of nitrogens with zero attached hydrogens (tertiary/aromatic N) is 2. The zero-order valence-corrected chi connectivity index (χ0v) is 14.4. The molecule has 0 spiro atoms. The summed E-state index contributed by atoms with van der Waals surface area (Å²) < 4.78 is 0. The summed E-state index contributed by atoms with van der Waals surface area (Å²) in [4.78, 5) is 38.9. The van der Waals surface area contributed by atoms with Gasteiger partial charge in [0.05, 0.1) is 12.5 Å². The molecule has 24 heavy (non-hydrogen) atoms. The number of carbonyl (C=O) groups excluding carboxylic acids is 2. The van der Waals surface area contributed by atoms with Crippen LogP contribution in [0.4, 0.5) is 0 Å². The summed E-state index contributed by atoms with van der Waals surface area (Å²) >= 11 is 0. The van der Waals surface area contributed by atoms with E-state index in [1.807, 2.05) is 26.0 Å². The van der Waals surface area contributed by atoms with Crippen LogP contribution in [0.2, 0.25) is 0 Å². The zero-order chi connectivity index (χ0) is 17.9. The normalized spacial score (nSPS) is 15.2. The molecule has 0 aliphatic carbocycles. The first kappa shape index (κ1) is 18.0. The van der Waals surface area contributed by atoms with Crippen molar-refractivity contribution in [2.24, 2.45) is 5.92 Å². The number of likely N-dealkylation sites (N-methyl/N-ethyl adjacent to an activating group) is 1. The number of hydrogen-bond acceptors (Lipinski definition) is 3. The standard InChI is InChI=1S/C18H24N2O4/c1-12-5-4-6-15(13(12)2)17(22)19(3)11-16(21)20-9-7-14(8-10-20)18(23)24/h4-6,14H,7-11H2,1-3H3,(H,23,24). The van der Waals surface area contributed by atoms with Crippen molar-refractivity contribution >= 4 is 17.8 Å². The summed E-state index contributed by atoms with van der Waals surface area (Å²) in [6.45, 7) is 4.71. The van der Waals surface area contributed by atoms with E-state index < -0.39 is 5.97 Å². The smallest absolute Gasteiger partial charge is 0.306 e. The first-order valence-corrected chi connectivity index (χ1v) is 8.13. The van der Waals surface area contributed by atoms with Crippen LogP contribution < -0.4 is 0 Å². The summed E-state index contributed by atoms with van der Waals surface area (Å²) in [6, 6.07) is 5.55. The van der Waals surface area contributed by atoms with Gasteiger partial charge in [0.1, 0.15) is 0 Å². The average Bonchev–Trinajstić information content (AvgIpc) is 2.56. The lowest BCUT2D eigenvalue weighted by Gasteiger charge is -2.31. The molecule has 6 nitrogen and oxygen atoms in total. The second kappa shape index (κ2) is 7.47. The number of aryl methyl sites for hydroxylation is 1. The average molecular weight is 332 g/mol. The molecule has 1 aliphatic rings. The molecular formula is C18H24N2O4. The largest absolute Gasteiger partial charge is 0.481 e. The van der Waals surface area contributed by atoms with Gasteiger partial charge in [-0.15, -0.1) is 0 Å². The van der Waals surface area contributed by atoms with E-state index >= 15 is 0 Å². The van der Waals surface area contributed by atoms with E-state index in [-0.39, 0.29) is 24.3 Å². The van der Waals surface area contributed by atoms with Gasteiger partial charge in [0.25, 0.3) is 5.91 Å². The minimum atomic E-state index is -0.802. The van der Waals surface area contributed by atoms with E-state index in [0.29, 0.717) is 31.5 Å². The van der Waals surface area contributed by atoms with Crippen molar-refractivity contribution in [1.82, 2.24) is 9.80 Å². The number of rotatable bonds is 4. The third-order valence-electron chi connectivity index (χ3n) is 4.75. The first-order chi connectivity index (χ1) is 11.3. The molecule has 2 rings (SSSR count). The van der Waals surface area contributed by atoms with Crippen LogP contribution >= 0.6 is 0 Å². The van der Waals surface area contributed by atoms with Gasteiger partial charge in [0.15, 0.2) is 0 Å². The van der Waals surface area contributed by atoms with E-state index in [1.165, 1.54) is 4.90 Å². The molecule has 1 aromatic rings. The molecule has 1 aromatic carbocycles. The molecule has 0 saturated carbocycles. The lowest BCUT2D eigenvalue weighted by atomic mass is 9.97. The molecule has 2 amide bonds. The van der Waals surface area contributed by atoms with Crippen molar-refractivity contribution in [3.8, 4) is 0 Å². The van der Waals surface area contributed by atoms with E-state index in [4.69, 9.17) is 5.11 Å². The fraction of sp³-hybridized carbons (Fsp3) is 0.500. The molecule has 130 valence electrons. The SMILES string of the molecule is Cc1cccc(C(=O)N(C)CC(=O)N2CCC(C(=O)O)CC2)c1C. The Hall–Kier alpha value is -2.37. The highest BCUT2D eigenvalue weighted by molar-refractivity contribution is 5.97. The fourth-order valence-electron chi connectivity index (χ4n) is 2.94. The maximum atomic E-state index is 12.6. The number of carboxylic acids is 1. The predicted molar refractivity (Wildman–Crippen MR) is 89.8 cm³/mol. The Morgan fingerprint density at radius 2 is 1.83 bits per heavy atom. The van der Waals surface area contributed by atoms with Crippen molar-refractivity contribution in [2.75, 3.05) is 26.7 Å². The molecule has 0 aromatic heterocycles. The van der Waals surface area contributed by atoms with Gasteiger partial charge >= 0.3 is 5.97 Å². The van der Waals surface area contributed by atoms with Crippen LogP contribution in [0.25, 0.3) is 0 Å². The number of amides is 2. The molecule has 1 fully saturated rings. The Balaban J connectivity index is 1.95. The number of aliphatic carboxylic acids is 1. The Bertz CT molecular complexity index is 648. The Morgan fingerprint density at radius 3 is 2.42 bits per heavy atom.